The molecule has 2 aromatic rings. The molecule has 2 N–H and O–H groups in total. The summed E-state index contributed by atoms with van der Waals surface area (Å²) in [6, 6.07) is 9.86. The molecular weight excluding hydrogens is 528 g/mol. The Hall–Kier alpha value is -2.71. The van der Waals surface area contributed by atoms with Crippen LogP contribution in [0.15, 0.2) is 48.5 Å². The third-order valence-electron chi connectivity index (χ3n) is 6.86. The van der Waals surface area contributed by atoms with Crippen molar-refractivity contribution in [2.75, 3.05) is 53.9 Å². The third-order valence-corrected chi connectivity index (χ3v) is 6.86. The van der Waals surface area contributed by atoms with E-state index in [0.717, 1.165) is 5.56 Å². The van der Waals surface area contributed by atoms with E-state index in [1.165, 1.54) is 24.1 Å². The second-order valence-corrected chi connectivity index (χ2v) is 9.45. The van der Waals surface area contributed by atoms with Crippen molar-refractivity contribution in [3.05, 3.63) is 70.8 Å². The van der Waals surface area contributed by atoms with Gasteiger partial charge < -0.3 is 10.6 Å². The van der Waals surface area contributed by atoms with Gasteiger partial charge in [-0.15, -0.1) is 0 Å². The Morgan fingerprint density at radius 1 is 0.923 bits per heavy atom. The van der Waals surface area contributed by atoms with Gasteiger partial charge in [0.1, 0.15) is 12.3 Å². The van der Waals surface area contributed by atoms with Crippen molar-refractivity contribution in [3.63, 3.8) is 0 Å². The van der Waals surface area contributed by atoms with Crippen LogP contribution >= 0.6 is 0 Å². The molecule has 0 aliphatic carbocycles. The van der Waals surface area contributed by atoms with Crippen molar-refractivity contribution in [2.45, 2.75) is 31.1 Å². The van der Waals surface area contributed by atoms with Gasteiger partial charge in [-0.1, -0.05) is 30.3 Å². The lowest BCUT2D eigenvalue weighted by molar-refractivity contribution is -0.184. The first-order chi connectivity index (χ1) is 18.2. The molecule has 0 spiro atoms. The lowest BCUT2D eigenvalue weighted by Gasteiger charge is -2.43. The van der Waals surface area contributed by atoms with Crippen LogP contribution < -0.4 is 5.73 Å². The van der Waals surface area contributed by atoms with Gasteiger partial charge >= 0.3 is 12.4 Å². The van der Waals surface area contributed by atoms with Gasteiger partial charge in [-0.2, -0.15) is 31.4 Å². The smallest absolute Gasteiger partial charge is 0.344 e. The Bertz CT molecular complexity index is 1060. The number of nitrogens with two attached hydrogens (primary N) is 1. The van der Waals surface area contributed by atoms with Crippen molar-refractivity contribution < 1.29 is 36.0 Å². The van der Waals surface area contributed by atoms with Crippen LogP contribution in [0.1, 0.15) is 28.3 Å². The number of carbonyl (C=O) groups is 1. The van der Waals surface area contributed by atoms with Crippen LogP contribution in [-0.2, 0) is 28.4 Å². The highest BCUT2D eigenvalue weighted by Gasteiger charge is 2.37. The van der Waals surface area contributed by atoms with Gasteiger partial charge in [0.2, 0.25) is 5.91 Å². The third kappa shape index (κ3) is 7.92. The van der Waals surface area contributed by atoms with E-state index in [1.807, 2.05) is 28.0 Å². The van der Waals surface area contributed by atoms with Gasteiger partial charge in [0.15, 0.2) is 0 Å². The van der Waals surface area contributed by atoms with E-state index in [-0.39, 0.29) is 30.5 Å². The molecule has 216 valence electrons. The van der Waals surface area contributed by atoms with Crippen LogP contribution in [0.3, 0.4) is 0 Å². The SMILES string of the molecule is CON(C)C(N)N1CCN(C(C(=O)N(C)CCc2cc(C(F)(F)F)cc(C(F)(F)F)c2)c2ccccc2)CC1. The molecule has 0 radical (unpaired) electrons. The summed E-state index contributed by atoms with van der Waals surface area (Å²) in [5.74, 6) is -0.309. The summed E-state index contributed by atoms with van der Waals surface area (Å²) in [5.41, 5.74) is 4.03. The highest BCUT2D eigenvalue weighted by atomic mass is 19.4. The van der Waals surface area contributed by atoms with Crippen LogP contribution in [0.5, 0.6) is 0 Å². The highest BCUT2D eigenvalue weighted by Crippen LogP contribution is 2.36. The molecule has 0 aromatic heterocycles. The van der Waals surface area contributed by atoms with E-state index in [1.54, 1.807) is 19.2 Å². The zero-order chi connectivity index (χ0) is 29.0. The highest BCUT2D eigenvalue weighted by molar-refractivity contribution is 5.83. The van der Waals surface area contributed by atoms with Crippen molar-refractivity contribution in [1.82, 2.24) is 19.8 Å². The fourth-order valence-electron chi connectivity index (χ4n) is 4.52. The van der Waals surface area contributed by atoms with Gasteiger partial charge in [-0.05, 0) is 35.7 Å². The molecule has 3 rings (SSSR count). The molecule has 7 nitrogen and oxygen atoms in total. The Kier molecular flexibility index (Phi) is 9.99. The number of alkyl halides is 6. The van der Waals surface area contributed by atoms with Crippen LogP contribution in [-0.4, -0.2) is 85.9 Å². The second-order valence-electron chi connectivity index (χ2n) is 9.45. The molecule has 0 saturated carbocycles. The fourth-order valence-corrected chi connectivity index (χ4v) is 4.52. The standard InChI is InChI=1S/C26H33F6N5O2/c1-34(10-9-18-15-20(25(27,28)29)17-21(16-18)26(30,31)32)23(38)22(19-7-5-4-6-8-19)36-11-13-37(14-12-36)24(33)35(2)39-3/h4-8,15-17,22,24H,9-14,33H2,1-3H3. The zero-order valence-corrected chi connectivity index (χ0v) is 22.0. The number of carbonyl (C=O) groups excluding carboxylic acids is 1. The number of nitrogens with zero attached hydrogens (tertiary/aromatic N) is 4. The number of hydrogen-bond donors (Lipinski definition) is 1. The van der Waals surface area contributed by atoms with E-state index >= 15 is 0 Å². The fraction of sp³-hybridized carbons (Fsp3) is 0.500. The van der Waals surface area contributed by atoms with E-state index < -0.39 is 35.8 Å². The monoisotopic (exact) mass is 561 g/mol. The normalized spacial score (nSPS) is 17.3. The summed E-state index contributed by atoms with van der Waals surface area (Å²) in [7, 11) is 4.72. The molecule has 1 heterocycles. The molecule has 2 aromatic carbocycles. The van der Waals surface area contributed by atoms with Gasteiger partial charge in [0.25, 0.3) is 0 Å². The van der Waals surface area contributed by atoms with Crippen LogP contribution in [0, 0.1) is 0 Å². The average Bonchev–Trinajstić information content (AvgIpc) is 2.90. The number of piperazine rings is 1. The second kappa shape index (κ2) is 12.6. The predicted octanol–water partition coefficient (Wildman–Crippen LogP) is 3.82. The van der Waals surface area contributed by atoms with Gasteiger partial charge in [0, 0.05) is 46.8 Å². The zero-order valence-electron chi connectivity index (χ0n) is 22.0. The molecule has 0 bridgehead atoms. The van der Waals surface area contributed by atoms with Gasteiger partial charge in [0.05, 0.1) is 18.2 Å². The largest absolute Gasteiger partial charge is 0.416 e. The molecule has 39 heavy (non-hydrogen) atoms. The number of benzene rings is 2. The maximum absolute atomic E-state index is 13.6. The minimum atomic E-state index is -4.93. The van der Waals surface area contributed by atoms with Crippen molar-refractivity contribution >= 4 is 5.91 Å². The molecule has 2 atom stereocenters. The minimum Gasteiger partial charge on any atom is -0.344 e. The summed E-state index contributed by atoms with van der Waals surface area (Å²) in [6.45, 7) is 2.06. The summed E-state index contributed by atoms with van der Waals surface area (Å²) >= 11 is 0. The maximum Gasteiger partial charge on any atom is 0.416 e. The first-order valence-electron chi connectivity index (χ1n) is 12.3. The minimum absolute atomic E-state index is 0.0652. The Labute approximate surface area is 223 Å². The number of amides is 1. The van der Waals surface area contributed by atoms with E-state index in [4.69, 9.17) is 10.6 Å². The molecule has 13 heteroatoms. The van der Waals surface area contributed by atoms with Crippen molar-refractivity contribution in [3.8, 4) is 0 Å². The first kappa shape index (κ1) is 30.8. The molecule has 1 aliphatic heterocycles. The van der Waals surface area contributed by atoms with Gasteiger partial charge in [-0.25, -0.2) is 0 Å². The Morgan fingerprint density at radius 3 is 1.92 bits per heavy atom. The van der Waals surface area contributed by atoms with E-state index in [0.29, 0.717) is 38.3 Å². The molecule has 1 amide bonds. The molecule has 1 saturated heterocycles. The van der Waals surface area contributed by atoms with E-state index in [2.05, 4.69) is 0 Å². The molecule has 2 unspecified atom stereocenters. The molecular formula is C26H33F6N5O2. The van der Waals surface area contributed by atoms with Crippen LogP contribution in [0.4, 0.5) is 26.3 Å². The Balaban J connectivity index is 1.77. The number of likely N-dealkylation sites (N-methyl/N-ethyl adjacent to an activating group) is 1. The number of halogens is 6. The van der Waals surface area contributed by atoms with Crippen LogP contribution in [0.2, 0.25) is 0 Å². The summed E-state index contributed by atoms with van der Waals surface area (Å²) in [5, 5.41) is 1.52. The van der Waals surface area contributed by atoms with Crippen molar-refractivity contribution in [1.29, 1.82) is 0 Å². The van der Waals surface area contributed by atoms with Crippen LogP contribution in [0.25, 0.3) is 0 Å². The quantitative estimate of drug-likeness (QED) is 0.286. The predicted molar refractivity (Wildman–Crippen MR) is 133 cm³/mol. The van der Waals surface area contributed by atoms with E-state index in [9.17, 15) is 31.1 Å². The van der Waals surface area contributed by atoms with Crippen molar-refractivity contribution in [2.24, 2.45) is 5.73 Å². The maximum atomic E-state index is 13.6. The summed E-state index contributed by atoms with van der Waals surface area (Å²) < 4.78 is 79.5. The topological polar surface area (TPSA) is 65.3 Å². The lowest BCUT2D eigenvalue weighted by Crippen LogP contribution is -2.59. The lowest BCUT2D eigenvalue weighted by atomic mass is 10.0. The average molecular weight is 562 g/mol. The number of hydrogen-bond acceptors (Lipinski definition) is 6. The molecule has 1 aliphatic rings. The summed E-state index contributed by atoms with van der Waals surface area (Å²) in [4.78, 5) is 24.2. The van der Waals surface area contributed by atoms with Gasteiger partial charge in [-0.3, -0.25) is 19.4 Å². The summed E-state index contributed by atoms with van der Waals surface area (Å²) in [6.07, 6.45) is -10.5. The number of rotatable bonds is 9. The number of hydroxylamine groups is 2. The first-order valence-corrected chi connectivity index (χ1v) is 12.3. The Morgan fingerprint density at radius 2 is 1.44 bits per heavy atom. The molecule has 1 fully saturated rings.